The van der Waals surface area contributed by atoms with Crippen molar-refractivity contribution in [1.29, 1.82) is 0 Å². The number of carboxylic acids is 1. The summed E-state index contributed by atoms with van der Waals surface area (Å²) in [4.78, 5) is 40.9. The number of pyridine rings is 1. The zero-order valence-corrected chi connectivity index (χ0v) is 25.6. The molecule has 0 radical (unpaired) electrons. The number of thioether (sulfide) groups is 1. The lowest BCUT2D eigenvalue weighted by molar-refractivity contribution is -0.128. The van der Waals surface area contributed by atoms with E-state index >= 15 is 4.39 Å². The lowest BCUT2D eigenvalue weighted by Gasteiger charge is -2.36. The first-order valence-electron chi connectivity index (χ1n) is 14.1. The first-order chi connectivity index (χ1) is 21.7. The van der Waals surface area contributed by atoms with Gasteiger partial charge in [-0.25, -0.2) is 9.18 Å². The van der Waals surface area contributed by atoms with Crippen molar-refractivity contribution in [2.75, 3.05) is 58.2 Å². The van der Waals surface area contributed by atoms with Crippen molar-refractivity contribution < 1.29 is 37.7 Å². The molecule has 3 heterocycles. The van der Waals surface area contributed by atoms with Gasteiger partial charge in [-0.3, -0.25) is 9.59 Å². The Balaban J connectivity index is 1.11. The highest BCUT2D eigenvalue weighted by atomic mass is 32.2. The van der Waals surface area contributed by atoms with Crippen molar-refractivity contribution >= 4 is 40.2 Å². The van der Waals surface area contributed by atoms with Crippen LogP contribution in [0.15, 0.2) is 44.9 Å². The number of nitrogens with zero attached hydrogens (tertiary/aromatic N) is 5. The molecule has 0 spiro atoms. The largest absolute Gasteiger partial charge is 0.493 e. The predicted molar refractivity (Wildman–Crippen MR) is 162 cm³/mol. The number of rotatable bonds is 10. The van der Waals surface area contributed by atoms with Crippen LogP contribution in [-0.4, -0.2) is 89.9 Å². The number of methoxy groups -OCH3 is 3. The van der Waals surface area contributed by atoms with Crippen LogP contribution in [0.1, 0.15) is 29.2 Å². The number of amides is 1. The summed E-state index contributed by atoms with van der Waals surface area (Å²) < 4.78 is 39.0. The summed E-state index contributed by atoms with van der Waals surface area (Å²) in [7, 11) is 4.52. The van der Waals surface area contributed by atoms with Crippen LogP contribution in [0.3, 0.4) is 0 Å². The lowest BCUT2D eigenvalue weighted by Crippen LogP contribution is -2.49. The van der Waals surface area contributed by atoms with Crippen LogP contribution in [-0.2, 0) is 4.79 Å². The summed E-state index contributed by atoms with van der Waals surface area (Å²) in [6.07, 6.45) is 3.08. The van der Waals surface area contributed by atoms with Crippen LogP contribution in [0.5, 0.6) is 17.2 Å². The van der Waals surface area contributed by atoms with Gasteiger partial charge in [-0.1, -0.05) is 11.8 Å². The van der Waals surface area contributed by atoms with Crippen LogP contribution >= 0.6 is 11.8 Å². The summed E-state index contributed by atoms with van der Waals surface area (Å²) in [6.45, 7) is 1.49. The van der Waals surface area contributed by atoms with Gasteiger partial charge in [-0.2, -0.15) is 0 Å². The number of carbonyl (C=O) groups is 2. The molecule has 0 atom stereocenters. The van der Waals surface area contributed by atoms with Gasteiger partial charge >= 0.3 is 5.97 Å². The fourth-order valence-corrected chi connectivity index (χ4v) is 6.07. The van der Waals surface area contributed by atoms with Crippen LogP contribution in [0.4, 0.5) is 10.1 Å². The molecular formula is C30H30FN5O8S. The minimum atomic E-state index is -1.34. The number of halogens is 1. The first kappa shape index (κ1) is 30.2. The van der Waals surface area contributed by atoms with Gasteiger partial charge < -0.3 is 38.1 Å². The van der Waals surface area contributed by atoms with Crippen molar-refractivity contribution in [3.8, 4) is 28.7 Å². The molecule has 2 fully saturated rings. The van der Waals surface area contributed by atoms with Crippen molar-refractivity contribution in [1.82, 2.24) is 19.7 Å². The molecule has 1 N–H and O–H groups in total. The van der Waals surface area contributed by atoms with E-state index in [9.17, 15) is 19.5 Å². The number of piperazine rings is 1. The number of hydrogen-bond acceptors (Lipinski definition) is 11. The van der Waals surface area contributed by atoms with Gasteiger partial charge in [0.15, 0.2) is 11.5 Å². The van der Waals surface area contributed by atoms with Crippen molar-refractivity contribution in [2.45, 2.75) is 24.1 Å². The highest BCUT2D eigenvalue weighted by Gasteiger charge is 2.29. The van der Waals surface area contributed by atoms with Crippen molar-refractivity contribution in [3.05, 3.63) is 52.1 Å². The van der Waals surface area contributed by atoms with Crippen LogP contribution in [0, 0.1) is 5.82 Å². The fraction of sp³-hybridized carbons (Fsp3) is 0.367. The number of benzene rings is 2. The van der Waals surface area contributed by atoms with Gasteiger partial charge in [0.2, 0.25) is 23.0 Å². The normalized spacial score (nSPS) is 14.9. The van der Waals surface area contributed by atoms with Gasteiger partial charge in [-0.05, 0) is 37.1 Å². The molecule has 1 aliphatic heterocycles. The smallest absolute Gasteiger partial charge is 0.341 e. The maximum absolute atomic E-state index is 15.3. The van der Waals surface area contributed by atoms with E-state index in [-0.39, 0.29) is 39.8 Å². The van der Waals surface area contributed by atoms with E-state index in [0.29, 0.717) is 60.2 Å². The van der Waals surface area contributed by atoms with E-state index in [4.69, 9.17) is 18.6 Å². The Morgan fingerprint density at radius 3 is 2.31 bits per heavy atom. The molecule has 0 unspecified atom stereocenters. The summed E-state index contributed by atoms with van der Waals surface area (Å²) in [5.74, 6) is -0.488. The Kier molecular flexibility index (Phi) is 8.27. The van der Waals surface area contributed by atoms with Crippen LogP contribution in [0.25, 0.3) is 22.4 Å². The van der Waals surface area contributed by atoms with Gasteiger partial charge in [0.1, 0.15) is 11.4 Å². The first-order valence-corrected chi connectivity index (χ1v) is 15.1. The van der Waals surface area contributed by atoms with Crippen LogP contribution < -0.4 is 24.5 Å². The topological polar surface area (TPSA) is 149 Å². The number of aromatic nitrogens is 3. The Morgan fingerprint density at radius 1 is 1.02 bits per heavy atom. The summed E-state index contributed by atoms with van der Waals surface area (Å²) in [6, 6.07) is 6.19. The second kappa shape index (κ2) is 12.3. The molecule has 4 aromatic rings. The number of hydrogen-bond donors (Lipinski definition) is 1. The number of carbonyl (C=O) groups excluding carboxylic acids is 1. The molecule has 2 aromatic heterocycles. The molecular weight excluding hydrogens is 609 g/mol. The molecule has 13 nitrogen and oxygen atoms in total. The quantitative estimate of drug-likeness (QED) is 0.252. The van der Waals surface area contributed by atoms with Gasteiger partial charge in [0.05, 0.1) is 38.3 Å². The molecule has 6 rings (SSSR count). The Morgan fingerprint density at radius 2 is 1.71 bits per heavy atom. The van der Waals surface area contributed by atoms with Crippen molar-refractivity contribution in [2.24, 2.45) is 0 Å². The molecule has 236 valence electrons. The van der Waals surface area contributed by atoms with Gasteiger partial charge in [0, 0.05) is 49.4 Å². The second-order valence-electron chi connectivity index (χ2n) is 10.6. The third kappa shape index (κ3) is 5.87. The third-order valence-electron chi connectivity index (χ3n) is 7.88. The Hall–Kier alpha value is -4.79. The number of aromatic carboxylic acids is 1. The third-order valence-corrected chi connectivity index (χ3v) is 8.68. The predicted octanol–water partition coefficient (Wildman–Crippen LogP) is 3.69. The highest BCUT2D eigenvalue weighted by Crippen LogP contribution is 2.41. The van der Waals surface area contributed by atoms with E-state index in [1.165, 1.54) is 27.5 Å². The van der Waals surface area contributed by atoms with Crippen molar-refractivity contribution in [3.63, 3.8) is 0 Å². The molecule has 45 heavy (non-hydrogen) atoms. The average molecular weight is 640 g/mol. The standard InChI is InChI=1S/C30H30FN5O8S/c1-41-23-10-16(11-24(42-2)27(23)43-3)28-32-33-30(44-28)45-15-25(37)35-8-6-34(7-9-35)22-13-21-18(12-20(22)31)26(38)19(29(39)40)14-36(21)17-4-5-17/h10-14,17H,4-9,15H2,1-3H3,(H,39,40). The molecule has 1 saturated heterocycles. The average Bonchev–Trinajstić information content (AvgIpc) is 3.79. The minimum Gasteiger partial charge on any atom is -0.493 e. The summed E-state index contributed by atoms with van der Waals surface area (Å²) in [5, 5.41) is 17.9. The maximum atomic E-state index is 15.3. The molecule has 0 bridgehead atoms. The van der Waals surface area contributed by atoms with Crippen LogP contribution in [0.2, 0.25) is 0 Å². The highest BCUT2D eigenvalue weighted by molar-refractivity contribution is 7.99. The van der Waals surface area contributed by atoms with E-state index in [2.05, 4.69) is 10.2 Å². The fourth-order valence-electron chi connectivity index (χ4n) is 5.41. The summed E-state index contributed by atoms with van der Waals surface area (Å²) in [5.41, 5.74) is 0.299. The monoisotopic (exact) mass is 639 g/mol. The molecule has 1 amide bonds. The number of anilines is 1. The van der Waals surface area contributed by atoms with E-state index < -0.39 is 17.2 Å². The van der Waals surface area contributed by atoms with Gasteiger partial charge in [0.25, 0.3) is 5.22 Å². The zero-order chi connectivity index (χ0) is 31.8. The van der Waals surface area contributed by atoms with E-state index in [0.717, 1.165) is 30.7 Å². The molecule has 1 aliphatic carbocycles. The zero-order valence-electron chi connectivity index (χ0n) is 24.7. The Labute approximate surface area is 260 Å². The van der Waals surface area contributed by atoms with Gasteiger partial charge in [-0.15, -0.1) is 10.2 Å². The number of ether oxygens (including phenoxy) is 3. The lowest BCUT2D eigenvalue weighted by atomic mass is 10.1. The van der Waals surface area contributed by atoms with E-state index in [1.807, 2.05) is 4.90 Å². The Bertz CT molecular complexity index is 1820. The molecule has 2 aromatic carbocycles. The minimum absolute atomic E-state index is 0.0448. The molecule has 1 saturated carbocycles. The van der Waals surface area contributed by atoms with E-state index in [1.54, 1.807) is 27.7 Å². The SMILES string of the molecule is COc1cc(-c2nnc(SCC(=O)N3CCN(c4cc5c(cc4F)c(=O)c(C(=O)O)cn5C4CC4)CC3)o2)cc(OC)c1OC. The number of carboxylic acid groups (broad SMARTS) is 1. The number of fused-ring (bicyclic) bond motifs is 1. The molecule has 15 heteroatoms. The molecule has 2 aliphatic rings. The maximum Gasteiger partial charge on any atom is 0.341 e. The second-order valence-corrected chi connectivity index (χ2v) is 11.5. The summed E-state index contributed by atoms with van der Waals surface area (Å²) >= 11 is 1.11.